The highest BCUT2D eigenvalue weighted by molar-refractivity contribution is 5.94. The Balaban J connectivity index is 1.70. The Hall–Kier alpha value is -2.20. The molecule has 1 N–H and O–H groups in total. The Morgan fingerprint density at radius 3 is 2.76 bits per heavy atom. The normalized spacial score (nSPS) is 26.6. The highest BCUT2D eigenvalue weighted by atomic mass is 16.2. The zero-order valence-electron chi connectivity index (χ0n) is 14.5. The molecule has 1 aromatic carbocycles. The molecule has 2 aromatic rings. The summed E-state index contributed by atoms with van der Waals surface area (Å²) in [5.74, 6) is 0.515. The van der Waals surface area contributed by atoms with Crippen LogP contribution in [0.25, 0.3) is 0 Å². The quantitative estimate of drug-likeness (QED) is 0.916. The number of hydrogen-bond donors (Lipinski definition) is 1. The summed E-state index contributed by atoms with van der Waals surface area (Å²) in [7, 11) is 0. The third-order valence-electron chi connectivity index (χ3n) is 5.61. The Kier molecular flexibility index (Phi) is 4.79. The molecule has 3 heterocycles. The van der Waals surface area contributed by atoms with Gasteiger partial charge in [-0.05, 0) is 43.5 Å². The average Bonchev–Trinajstić information content (AvgIpc) is 2.91. The van der Waals surface area contributed by atoms with E-state index in [2.05, 4.69) is 45.5 Å². The molecular formula is C21H25N3O. The van der Waals surface area contributed by atoms with Gasteiger partial charge in [-0.2, -0.15) is 0 Å². The van der Waals surface area contributed by atoms with Crippen LogP contribution in [0.5, 0.6) is 0 Å². The summed E-state index contributed by atoms with van der Waals surface area (Å²) in [6.07, 6.45) is 7.87. The molecule has 2 aliphatic heterocycles. The number of pyridine rings is 1. The van der Waals surface area contributed by atoms with Crippen molar-refractivity contribution in [3.05, 3.63) is 66.0 Å². The van der Waals surface area contributed by atoms with E-state index in [1.165, 1.54) is 12.0 Å². The lowest BCUT2D eigenvalue weighted by atomic mass is 9.80. The van der Waals surface area contributed by atoms with Gasteiger partial charge < -0.3 is 10.2 Å². The topological polar surface area (TPSA) is 45.2 Å². The second kappa shape index (κ2) is 7.36. The molecule has 0 spiro atoms. The monoisotopic (exact) mass is 335 g/mol. The summed E-state index contributed by atoms with van der Waals surface area (Å²) in [4.78, 5) is 19.5. The van der Waals surface area contributed by atoms with Crippen molar-refractivity contribution >= 4 is 5.91 Å². The number of carbonyl (C=O) groups excluding carboxylic acids is 1. The fourth-order valence-electron chi connectivity index (χ4n) is 4.45. The first-order chi connectivity index (χ1) is 12.3. The maximum atomic E-state index is 13.2. The average molecular weight is 335 g/mol. The standard InChI is InChI=1S/C21H25N3O/c25-21(17-9-6-12-22-15-17)24-14-5-4-10-19-20(24)18(11-13-23-19)16-7-2-1-3-8-16/h1-3,6-9,12,15,18-20,23H,4-5,10-11,13-14H2/t18-,19-,20-/m1/s1. The molecule has 1 amide bonds. The number of piperidine rings is 1. The molecule has 2 saturated heterocycles. The fraction of sp³-hybridized carbons (Fsp3) is 0.429. The van der Waals surface area contributed by atoms with Gasteiger partial charge >= 0.3 is 0 Å². The summed E-state index contributed by atoms with van der Waals surface area (Å²) in [6.45, 7) is 1.86. The molecule has 2 fully saturated rings. The van der Waals surface area contributed by atoms with E-state index in [1.807, 2.05) is 12.1 Å². The molecule has 0 radical (unpaired) electrons. The lowest BCUT2D eigenvalue weighted by Gasteiger charge is -2.44. The van der Waals surface area contributed by atoms with Gasteiger partial charge in [0.1, 0.15) is 0 Å². The van der Waals surface area contributed by atoms with E-state index in [4.69, 9.17) is 0 Å². The van der Waals surface area contributed by atoms with Crippen LogP contribution in [0.2, 0.25) is 0 Å². The van der Waals surface area contributed by atoms with Crippen molar-refractivity contribution in [3.8, 4) is 0 Å². The minimum absolute atomic E-state index is 0.120. The van der Waals surface area contributed by atoms with Gasteiger partial charge in [-0.15, -0.1) is 0 Å². The smallest absolute Gasteiger partial charge is 0.255 e. The number of carbonyl (C=O) groups is 1. The number of amides is 1. The summed E-state index contributed by atoms with van der Waals surface area (Å²) in [5, 5.41) is 3.69. The van der Waals surface area contributed by atoms with E-state index in [0.29, 0.717) is 17.5 Å². The number of nitrogens with zero attached hydrogens (tertiary/aromatic N) is 2. The van der Waals surface area contributed by atoms with Crippen molar-refractivity contribution < 1.29 is 4.79 Å². The van der Waals surface area contributed by atoms with Crippen molar-refractivity contribution in [2.24, 2.45) is 0 Å². The second-order valence-corrected chi connectivity index (χ2v) is 7.09. The third-order valence-corrected chi connectivity index (χ3v) is 5.61. The zero-order valence-corrected chi connectivity index (χ0v) is 14.5. The van der Waals surface area contributed by atoms with Crippen molar-refractivity contribution in [3.63, 3.8) is 0 Å². The Labute approximate surface area is 149 Å². The first-order valence-electron chi connectivity index (χ1n) is 9.34. The molecule has 0 saturated carbocycles. The molecule has 4 rings (SSSR count). The fourth-order valence-corrected chi connectivity index (χ4v) is 4.45. The summed E-state index contributed by atoms with van der Waals surface area (Å²) >= 11 is 0. The first kappa shape index (κ1) is 16.3. The van der Waals surface area contributed by atoms with E-state index in [1.54, 1.807) is 12.4 Å². The van der Waals surface area contributed by atoms with Crippen LogP contribution in [0.3, 0.4) is 0 Å². The SMILES string of the molecule is O=C(c1cccnc1)N1CCCC[C@H]2NCC[C@H](c3ccccc3)[C@H]21. The van der Waals surface area contributed by atoms with Crippen LogP contribution in [-0.2, 0) is 0 Å². The predicted molar refractivity (Wildman–Crippen MR) is 98.5 cm³/mol. The molecular weight excluding hydrogens is 310 g/mol. The highest BCUT2D eigenvalue weighted by Crippen LogP contribution is 2.35. The highest BCUT2D eigenvalue weighted by Gasteiger charge is 2.41. The second-order valence-electron chi connectivity index (χ2n) is 7.09. The molecule has 3 atom stereocenters. The Bertz CT molecular complexity index is 704. The van der Waals surface area contributed by atoms with Gasteiger partial charge in [0.15, 0.2) is 0 Å². The van der Waals surface area contributed by atoms with Crippen LogP contribution in [0, 0.1) is 0 Å². The third kappa shape index (κ3) is 3.31. The van der Waals surface area contributed by atoms with Gasteiger partial charge in [0, 0.05) is 30.9 Å². The van der Waals surface area contributed by atoms with Crippen LogP contribution >= 0.6 is 0 Å². The molecule has 0 aliphatic carbocycles. The van der Waals surface area contributed by atoms with Crippen LogP contribution in [-0.4, -0.2) is 41.0 Å². The number of aromatic nitrogens is 1. The van der Waals surface area contributed by atoms with Gasteiger partial charge in [0.25, 0.3) is 5.91 Å². The van der Waals surface area contributed by atoms with Crippen LogP contribution in [0.15, 0.2) is 54.9 Å². The van der Waals surface area contributed by atoms with E-state index in [-0.39, 0.29) is 11.9 Å². The first-order valence-corrected chi connectivity index (χ1v) is 9.34. The molecule has 130 valence electrons. The predicted octanol–water partition coefficient (Wildman–Crippen LogP) is 3.22. The van der Waals surface area contributed by atoms with E-state index >= 15 is 0 Å². The molecule has 1 aromatic heterocycles. The number of likely N-dealkylation sites (tertiary alicyclic amines) is 1. The molecule has 4 nitrogen and oxygen atoms in total. The van der Waals surface area contributed by atoms with E-state index < -0.39 is 0 Å². The minimum Gasteiger partial charge on any atom is -0.333 e. The Morgan fingerprint density at radius 1 is 1.08 bits per heavy atom. The van der Waals surface area contributed by atoms with Gasteiger partial charge in [-0.1, -0.05) is 36.8 Å². The van der Waals surface area contributed by atoms with Crippen LogP contribution in [0.1, 0.15) is 47.5 Å². The van der Waals surface area contributed by atoms with E-state index in [0.717, 1.165) is 32.4 Å². The summed E-state index contributed by atoms with van der Waals surface area (Å²) in [6, 6.07) is 15.0. The summed E-state index contributed by atoms with van der Waals surface area (Å²) < 4.78 is 0. The molecule has 0 bridgehead atoms. The number of hydrogen-bond acceptors (Lipinski definition) is 3. The van der Waals surface area contributed by atoms with Crippen LogP contribution in [0.4, 0.5) is 0 Å². The number of benzene rings is 1. The molecule has 2 aliphatic rings. The number of nitrogens with one attached hydrogen (secondary N) is 1. The Morgan fingerprint density at radius 2 is 1.96 bits per heavy atom. The van der Waals surface area contributed by atoms with Gasteiger partial charge in [0.05, 0.1) is 11.6 Å². The van der Waals surface area contributed by atoms with Crippen LogP contribution < -0.4 is 5.32 Å². The zero-order chi connectivity index (χ0) is 17.1. The van der Waals surface area contributed by atoms with Gasteiger partial charge in [-0.25, -0.2) is 0 Å². The number of fused-ring (bicyclic) bond motifs is 1. The molecule has 4 heteroatoms. The van der Waals surface area contributed by atoms with Crippen molar-refractivity contribution in [2.45, 2.75) is 43.7 Å². The van der Waals surface area contributed by atoms with Crippen molar-refractivity contribution in [2.75, 3.05) is 13.1 Å². The molecule has 25 heavy (non-hydrogen) atoms. The number of rotatable bonds is 2. The largest absolute Gasteiger partial charge is 0.333 e. The molecule has 0 unspecified atom stereocenters. The van der Waals surface area contributed by atoms with E-state index in [9.17, 15) is 4.79 Å². The lowest BCUT2D eigenvalue weighted by molar-refractivity contribution is 0.0574. The van der Waals surface area contributed by atoms with Gasteiger partial charge in [0.2, 0.25) is 0 Å². The van der Waals surface area contributed by atoms with Crippen molar-refractivity contribution in [1.29, 1.82) is 0 Å². The maximum absolute atomic E-state index is 13.2. The lowest BCUT2D eigenvalue weighted by Crippen LogP contribution is -2.57. The summed E-state index contributed by atoms with van der Waals surface area (Å²) in [5.41, 5.74) is 2.05. The van der Waals surface area contributed by atoms with Crippen molar-refractivity contribution in [1.82, 2.24) is 15.2 Å². The van der Waals surface area contributed by atoms with Gasteiger partial charge in [-0.3, -0.25) is 9.78 Å². The maximum Gasteiger partial charge on any atom is 0.255 e. The minimum atomic E-state index is 0.120.